The molecule has 2 N–H and O–H groups in total. The van der Waals surface area contributed by atoms with Gasteiger partial charge in [0.15, 0.2) is 0 Å². The van der Waals surface area contributed by atoms with Gasteiger partial charge in [0.1, 0.15) is 0 Å². The van der Waals surface area contributed by atoms with Crippen molar-refractivity contribution in [3.63, 3.8) is 0 Å². The molecule has 0 aliphatic carbocycles. The van der Waals surface area contributed by atoms with E-state index in [2.05, 4.69) is 13.2 Å². The van der Waals surface area contributed by atoms with Crippen LogP contribution in [0, 0.1) is 0 Å². The summed E-state index contributed by atoms with van der Waals surface area (Å²) < 4.78 is -0.198. The Bertz CT molecular complexity index is 249. The lowest BCUT2D eigenvalue weighted by molar-refractivity contribution is 0.167. The van der Waals surface area contributed by atoms with Gasteiger partial charge < -0.3 is 10.2 Å². The van der Waals surface area contributed by atoms with Crippen molar-refractivity contribution in [2.75, 3.05) is 12.5 Å². The smallest absolute Gasteiger partial charge is 0.0766 e. The fourth-order valence-corrected chi connectivity index (χ4v) is 3.40. The normalized spacial score (nSPS) is 15.4. The maximum absolute atomic E-state index is 9.95. The van der Waals surface area contributed by atoms with E-state index in [9.17, 15) is 10.2 Å². The highest BCUT2D eigenvalue weighted by atomic mass is 32.2. The summed E-state index contributed by atoms with van der Waals surface area (Å²) in [6.45, 7) is 11.2. The van der Waals surface area contributed by atoms with Crippen molar-refractivity contribution in [2.24, 2.45) is 0 Å². The van der Waals surface area contributed by atoms with Gasteiger partial charge in [-0.2, -0.15) is 0 Å². The summed E-state index contributed by atoms with van der Waals surface area (Å²) in [5.41, 5.74) is 1.53. The van der Waals surface area contributed by atoms with E-state index in [1.165, 1.54) is 0 Å². The van der Waals surface area contributed by atoms with Crippen LogP contribution in [0.2, 0.25) is 0 Å². The second-order valence-corrected chi connectivity index (χ2v) is 7.09. The SMILES string of the molecule is C=C(C)C(O)CC(CC(O)C(=C)C)(SC)SC. The molecule has 0 saturated heterocycles. The van der Waals surface area contributed by atoms with Crippen LogP contribution in [0.25, 0.3) is 0 Å². The minimum Gasteiger partial charge on any atom is -0.389 e. The number of hydrogen-bond donors (Lipinski definition) is 2. The lowest BCUT2D eigenvalue weighted by Gasteiger charge is -2.34. The maximum Gasteiger partial charge on any atom is 0.0766 e. The fourth-order valence-electron chi connectivity index (χ4n) is 1.44. The lowest BCUT2D eigenvalue weighted by atomic mass is 10.0. The molecule has 0 aromatic heterocycles. The Morgan fingerprint density at radius 3 is 1.47 bits per heavy atom. The van der Waals surface area contributed by atoms with Crippen molar-refractivity contribution >= 4 is 23.5 Å². The minimum absolute atomic E-state index is 0.198. The van der Waals surface area contributed by atoms with Gasteiger partial charge in [0.2, 0.25) is 0 Å². The highest BCUT2D eigenvalue weighted by Gasteiger charge is 2.33. The van der Waals surface area contributed by atoms with Crippen LogP contribution in [0.1, 0.15) is 26.7 Å². The Hall–Kier alpha value is 0.100. The van der Waals surface area contributed by atoms with Crippen LogP contribution >= 0.6 is 23.5 Å². The first-order chi connectivity index (χ1) is 7.78. The third kappa shape index (κ3) is 5.51. The Morgan fingerprint density at radius 2 is 1.29 bits per heavy atom. The van der Waals surface area contributed by atoms with E-state index in [1.807, 2.05) is 26.4 Å². The molecule has 0 amide bonds. The first kappa shape index (κ1) is 17.1. The summed E-state index contributed by atoms with van der Waals surface area (Å²) in [6.07, 6.45) is 4.16. The zero-order valence-corrected chi connectivity index (χ0v) is 12.8. The van der Waals surface area contributed by atoms with Gasteiger partial charge in [-0.15, -0.1) is 23.5 Å². The van der Waals surface area contributed by atoms with Crippen LogP contribution in [0.15, 0.2) is 24.3 Å². The topological polar surface area (TPSA) is 40.5 Å². The molecule has 0 spiro atoms. The second-order valence-electron chi connectivity index (χ2n) is 4.45. The van der Waals surface area contributed by atoms with E-state index in [1.54, 1.807) is 23.5 Å². The van der Waals surface area contributed by atoms with Gasteiger partial charge in [0, 0.05) is 12.8 Å². The zero-order chi connectivity index (χ0) is 13.6. The predicted molar refractivity (Wildman–Crippen MR) is 80.6 cm³/mol. The second kappa shape index (κ2) is 7.52. The van der Waals surface area contributed by atoms with Gasteiger partial charge in [-0.1, -0.05) is 24.3 Å². The predicted octanol–water partition coefficient (Wildman–Crippen LogP) is 3.06. The van der Waals surface area contributed by atoms with Gasteiger partial charge in [-0.3, -0.25) is 0 Å². The Morgan fingerprint density at radius 1 is 1.00 bits per heavy atom. The van der Waals surface area contributed by atoms with Crippen LogP contribution in [0.3, 0.4) is 0 Å². The molecule has 0 aromatic rings. The largest absolute Gasteiger partial charge is 0.389 e. The highest BCUT2D eigenvalue weighted by Crippen LogP contribution is 2.43. The van der Waals surface area contributed by atoms with Gasteiger partial charge in [-0.25, -0.2) is 0 Å². The molecule has 0 fully saturated rings. The Labute approximate surface area is 114 Å². The molecule has 0 bridgehead atoms. The number of thioether (sulfide) groups is 2. The van der Waals surface area contributed by atoms with E-state index in [0.717, 1.165) is 11.1 Å². The van der Waals surface area contributed by atoms with E-state index in [-0.39, 0.29) is 4.08 Å². The molecule has 2 atom stereocenters. The summed E-state index contributed by atoms with van der Waals surface area (Å²) >= 11 is 3.34. The quantitative estimate of drug-likeness (QED) is 0.528. The van der Waals surface area contributed by atoms with Crippen LogP contribution < -0.4 is 0 Å². The molecule has 2 unspecified atom stereocenters. The molecule has 0 aliphatic heterocycles. The third-order valence-corrected chi connectivity index (χ3v) is 6.05. The van der Waals surface area contributed by atoms with E-state index in [0.29, 0.717) is 12.8 Å². The van der Waals surface area contributed by atoms with Gasteiger partial charge in [-0.05, 0) is 26.4 Å². The third-order valence-electron chi connectivity index (χ3n) is 2.89. The maximum atomic E-state index is 9.95. The van der Waals surface area contributed by atoms with Gasteiger partial charge in [0.25, 0.3) is 0 Å². The standard InChI is InChI=1S/C13H24O2S2/c1-9(2)11(14)7-13(16-5,17-6)8-12(15)10(3)4/h11-12,14-15H,1,3,7-8H2,2,4-6H3. The molecule has 0 aromatic carbocycles. The molecule has 4 heteroatoms. The molecule has 100 valence electrons. The molecular weight excluding hydrogens is 252 g/mol. The van der Waals surface area contributed by atoms with Gasteiger partial charge >= 0.3 is 0 Å². The minimum atomic E-state index is -0.521. The molecular formula is C13H24O2S2. The van der Waals surface area contributed by atoms with Crippen molar-refractivity contribution in [3.8, 4) is 0 Å². The molecule has 0 radical (unpaired) electrons. The summed E-state index contributed by atoms with van der Waals surface area (Å²) in [6, 6.07) is 0. The zero-order valence-electron chi connectivity index (χ0n) is 11.2. The van der Waals surface area contributed by atoms with Crippen molar-refractivity contribution in [2.45, 2.75) is 43.0 Å². The fraction of sp³-hybridized carbons (Fsp3) is 0.692. The van der Waals surface area contributed by atoms with Crippen LogP contribution in [0.5, 0.6) is 0 Å². The summed E-state index contributed by atoms with van der Waals surface area (Å²) in [5.74, 6) is 0. The first-order valence-electron chi connectivity index (χ1n) is 5.55. The number of aliphatic hydroxyl groups is 2. The van der Waals surface area contributed by atoms with Crippen molar-refractivity contribution < 1.29 is 10.2 Å². The number of rotatable bonds is 8. The van der Waals surface area contributed by atoms with Crippen molar-refractivity contribution in [3.05, 3.63) is 24.3 Å². The van der Waals surface area contributed by atoms with Crippen LogP contribution in [0.4, 0.5) is 0 Å². The lowest BCUT2D eigenvalue weighted by Crippen LogP contribution is -2.31. The number of aliphatic hydroxyl groups excluding tert-OH is 2. The summed E-state index contributed by atoms with van der Waals surface area (Å²) in [5, 5.41) is 19.9. The Kier molecular flexibility index (Phi) is 7.56. The van der Waals surface area contributed by atoms with Crippen molar-refractivity contribution in [1.82, 2.24) is 0 Å². The first-order valence-corrected chi connectivity index (χ1v) is 8.00. The molecule has 0 heterocycles. The van der Waals surface area contributed by atoms with E-state index in [4.69, 9.17) is 0 Å². The summed E-state index contributed by atoms with van der Waals surface area (Å²) in [7, 11) is 0. The van der Waals surface area contributed by atoms with E-state index >= 15 is 0 Å². The van der Waals surface area contributed by atoms with Crippen molar-refractivity contribution in [1.29, 1.82) is 0 Å². The monoisotopic (exact) mass is 276 g/mol. The average molecular weight is 276 g/mol. The molecule has 0 saturated carbocycles. The average Bonchev–Trinajstić information content (AvgIpc) is 2.27. The molecule has 0 rings (SSSR count). The molecule has 0 aliphatic rings. The van der Waals surface area contributed by atoms with Crippen LogP contribution in [-0.4, -0.2) is 39.0 Å². The molecule has 17 heavy (non-hydrogen) atoms. The van der Waals surface area contributed by atoms with Gasteiger partial charge in [0.05, 0.1) is 16.3 Å². The van der Waals surface area contributed by atoms with E-state index < -0.39 is 12.2 Å². The summed E-state index contributed by atoms with van der Waals surface area (Å²) in [4.78, 5) is 0. The Balaban J connectivity index is 4.77. The van der Waals surface area contributed by atoms with Crippen LogP contribution in [-0.2, 0) is 0 Å². The highest BCUT2D eigenvalue weighted by molar-refractivity contribution is 8.17. The number of hydrogen-bond acceptors (Lipinski definition) is 4. The molecule has 2 nitrogen and oxygen atoms in total.